The van der Waals surface area contributed by atoms with Crippen molar-refractivity contribution in [1.29, 1.82) is 0 Å². The lowest BCUT2D eigenvalue weighted by molar-refractivity contribution is -0.384. The van der Waals surface area contributed by atoms with E-state index in [4.69, 9.17) is 9.47 Å². The number of hydrogen-bond acceptors (Lipinski definition) is 9. The molecule has 1 aliphatic rings. The molecule has 1 saturated heterocycles. The monoisotopic (exact) mass is 482 g/mol. The number of carbonyl (C=O) groups excluding carboxylic acids is 2. The number of carbonyl (C=O) groups is 2. The van der Waals surface area contributed by atoms with Crippen molar-refractivity contribution in [3.8, 4) is 11.3 Å². The second-order valence-electron chi connectivity index (χ2n) is 7.30. The van der Waals surface area contributed by atoms with Crippen LogP contribution in [-0.2, 0) is 9.47 Å². The molecule has 0 radical (unpaired) electrons. The molecule has 1 amide bonds. The number of esters is 1. The third kappa shape index (κ3) is 5.05. The highest BCUT2D eigenvalue weighted by molar-refractivity contribution is 7.18. The van der Waals surface area contributed by atoms with E-state index >= 15 is 0 Å². The Morgan fingerprint density at radius 1 is 1.21 bits per heavy atom. The van der Waals surface area contributed by atoms with Gasteiger partial charge in [0.2, 0.25) is 0 Å². The van der Waals surface area contributed by atoms with Crippen LogP contribution in [0.3, 0.4) is 0 Å². The van der Waals surface area contributed by atoms with E-state index in [-0.39, 0.29) is 27.9 Å². The molecule has 10 nitrogen and oxygen atoms in total. The van der Waals surface area contributed by atoms with E-state index in [1.165, 1.54) is 12.1 Å². The first-order chi connectivity index (χ1) is 16.5. The second-order valence-corrected chi connectivity index (χ2v) is 8.29. The number of thiazole rings is 1. The number of aromatic nitrogens is 1. The van der Waals surface area contributed by atoms with Gasteiger partial charge in [-0.3, -0.25) is 20.2 Å². The molecule has 2 heterocycles. The highest BCUT2D eigenvalue weighted by atomic mass is 32.1. The maximum Gasteiger partial charge on any atom is 0.350 e. The molecule has 1 fully saturated rings. The lowest BCUT2D eigenvalue weighted by Crippen LogP contribution is -2.37. The van der Waals surface area contributed by atoms with Crippen LogP contribution in [0.5, 0.6) is 0 Å². The summed E-state index contributed by atoms with van der Waals surface area (Å²) in [4.78, 5) is 43.3. The molecule has 2 aromatic carbocycles. The van der Waals surface area contributed by atoms with Gasteiger partial charge in [0.15, 0.2) is 5.13 Å². The van der Waals surface area contributed by atoms with Gasteiger partial charge >= 0.3 is 5.97 Å². The zero-order valence-corrected chi connectivity index (χ0v) is 19.2. The summed E-state index contributed by atoms with van der Waals surface area (Å²) in [6.45, 7) is 4.01. The van der Waals surface area contributed by atoms with Crippen molar-refractivity contribution in [2.45, 2.75) is 6.92 Å². The van der Waals surface area contributed by atoms with Crippen molar-refractivity contribution in [2.75, 3.05) is 43.1 Å². The summed E-state index contributed by atoms with van der Waals surface area (Å²) in [5.74, 6) is -1.10. The van der Waals surface area contributed by atoms with Crippen LogP contribution in [0, 0.1) is 10.1 Å². The van der Waals surface area contributed by atoms with Crippen molar-refractivity contribution in [1.82, 2.24) is 4.98 Å². The molecule has 1 N–H and O–H groups in total. The SMILES string of the molecule is CCOC(=O)c1sc(NC(=O)c2cc([N+](=O)[O-])ccc2N2CCOCC2)nc1-c1ccccc1. The van der Waals surface area contributed by atoms with Gasteiger partial charge in [0.25, 0.3) is 11.6 Å². The summed E-state index contributed by atoms with van der Waals surface area (Å²) < 4.78 is 10.5. The first kappa shape index (κ1) is 23.3. The first-order valence-electron chi connectivity index (χ1n) is 10.6. The van der Waals surface area contributed by atoms with Gasteiger partial charge in [-0.05, 0) is 13.0 Å². The van der Waals surface area contributed by atoms with Crippen LogP contribution in [0.15, 0.2) is 48.5 Å². The van der Waals surface area contributed by atoms with Gasteiger partial charge in [0.05, 0.1) is 41.7 Å². The Morgan fingerprint density at radius 3 is 2.62 bits per heavy atom. The van der Waals surface area contributed by atoms with Crippen LogP contribution in [0.1, 0.15) is 27.0 Å². The zero-order valence-electron chi connectivity index (χ0n) is 18.4. The standard InChI is InChI=1S/C23H22N4O6S/c1-2-33-22(29)20-19(15-6-4-3-5-7-15)24-23(34-20)25-21(28)17-14-16(27(30)31)8-9-18(17)26-10-12-32-13-11-26/h3-9,14H,2,10-13H2,1H3,(H,24,25,28). The lowest BCUT2D eigenvalue weighted by Gasteiger charge is -2.30. The Balaban J connectivity index is 1.69. The molecule has 0 atom stereocenters. The molecular formula is C23H22N4O6S. The molecule has 1 aromatic heterocycles. The highest BCUT2D eigenvalue weighted by Crippen LogP contribution is 2.33. The summed E-state index contributed by atoms with van der Waals surface area (Å²) in [7, 11) is 0. The van der Waals surface area contributed by atoms with Crippen LogP contribution >= 0.6 is 11.3 Å². The summed E-state index contributed by atoms with van der Waals surface area (Å²) in [5, 5.41) is 14.2. The van der Waals surface area contributed by atoms with Crippen LogP contribution in [-0.4, -0.2) is 54.7 Å². The smallest absolute Gasteiger partial charge is 0.350 e. The number of non-ortho nitro benzene ring substituents is 1. The Morgan fingerprint density at radius 2 is 1.94 bits per heavy atom. The van der Waals surface area contributed by atoms with E-state index in [9.17, 15) is 19.7 Å². The van der Waals surface area contributed by atoms with Crippen molar-refractivity contribution in [3.63, 3.8) is 0 Å². The van der Waals surface area contributed by atoms with Crippen LogP contribution in [0.4, 0.5) is 16.5 Å². The van der Waals surface area contributed by atoms with E-state index in [1.807, 2.05) is 23.1 Å². The number of benzene rings is 2. The number of amides is 1. The van der Waals surface area contributed by atoms with Crippen LogP contribution in [0.25, 0.3) is 11.3 Å². The second kappa shape index (κ2) is 10.4. The molecule has 11 heteroatoms. The topological polar surface area (TPSA) is 124 Å². The van der Waals surface area contributed by atoms with E-state index in [0.29, 0.717) is 43.2 Å². The maximum absolute atomic E-state index is 13.3. The Bertz CT molecular complexity index is 1210. The third-order valence-electron chi connectivity index (χ3n) is 5.14. The van der Waals surface area contributed by atoms with E-state index in [0.717, 1.165) is 11.3 Å². The number of nitro benzene ring substituents is 1. The number of hydrogen-bond donors (Lipinski definition) is 1. The number of nitro groups is 1. The minimum absolute atomic E-state index is 0.144. The molecule has 4 rings (SSSR count). The third-order valence-corrected chi connectivity index (χ3v) is 6.09. The number of ether oxygens (including phenoxy) is 2. The molecular weight excluding hydrogens is 460 g/mol. The van der Waals surface area contributed by atoms with Gasteiger partial charge in [-0.15, -0.1) is 0 Å². The van der Waals surface area contributed by atoms with Crippen molar-refractivity contribution >= 4 is 39.7 Å². The van der Waals surface area contributed by atoms with Gasteiger partial charge in [0, 0.05) is 30.8 Å². The normalized spacial score (nSPS) is 13.4. The fraction of sp³-hybridized carbons (Fsp3) is 0.261. The number of morpholine rings is 1. The highest BCUT2D eigenvalue weighted by Gasteiger charge is 2.25. The minimum Gasteiger partial charge on any atom is -0.462 e. The van der Waals surface area contributed by atoms with E-state index < -0.39 is 16.8 Å². The number of anilines is 2. The Labute approximate surface area is 199 Å². The van der Waals surface area contributed by atoms with Crippen molar-refractivity contribution in [3.05, 3.63) is 69.1 Å². The van der Waals surface area contributed by atoms with Crippen molar-refractivity contribution in [2.24, 2.45) is 0 Å². The number of nitrogens with one attached hydrogen (secondary N) is 1. The average molecular weight is 483 g/mol. The molecule has 0 unspecified atom stereocenters. The zero-order chi connectivity index (χ0) is 24.1. The minimum atomic E-state index is -0.561. The summed E-state index contributed by atoms with van der Waals surface area (Å²) in [5.41, 5.74) is 1.61. The van der Waals surface area contributed by atoms with E-state index in [2.05, 4.69) is 10.3 Å². The predicted octanol–water partition coefficient (Wildman–Crippen LogP) is 3.98. The molecule has 0 aliphatic carbocycles. The molecule has 1 aliphatic heterocycles. The van der Waals surface area contributed by atoms with Crippen LogP contribution in [0.2, 0.25) is 0 Å². The van der Waals surface area contributed by atoms with Crippen LogP contribution < -0.4 is 10.2 Å². The van der Waals surface area contributed by atoms with Gasteiger partial charge in [-0.25, -0.2) is 9.78 Å². The number of rotatable bonds is 7. The molecule has 0 spiro atoms. The molecule has 3 aromatic rings. The van der Waals surface area contributed by atoms with Crippen molar-refractivity contribution < 1.29 is 24.0 Å². The Hall–Kier alpha value is -3.83. The average Bonchev–Trinajstić information content (AvgIpc) is 3.28. The Kier molecular flexibility index (Phi) is 7.14. The summed E-state index contributed by atoms with van der Waals surface area (Å²) in [6.07, 6.45) is 0. The van der Waals surface area contributed by atoms with Gasteiger partial charge in [-0.2, -0.15) is 0 Å². The maximum atomic E-state index is 13.3. The van der Waals surface area contributed by atoms with Gasteiger partial charge in [0.1, 0.15) is 4.88 Å². The predicted molar refractivity (Wildman–Crippen MR) is 128 cm³/mol. The molecule has 0 saturated carbocycles. The lowest BCUT2D eigenvalue weighted by atomic mass is 10.1. The first-order valence-corrected chi connectivity index (χ1v) is 11.5. The van der Waals surface area contributed by atoms with Gasteiger partial charge in [-0.1, -0.05) is 41.7 Å². The molecule has 0 bridgehead atoms. The fourth-order valence-corrected chi connectivity index (χ4v) is 4.44. The number of nitrogens with zero attached hydrogens (tertiary/aromatic N) is 3. The largest absolute Gasteiger partial charge is 0.462 e. The fourth-order valence-electron chi connectivity index (χ4n) is 3.56. The molecule has 176 valence electrons. The quantitative estimate of drug-likeness (QED) is 0.305. The summed E-state index contributed by atoms with van der Waals surface area (Å²) in [6, 6.07) is 13.3. The van der Waals surface area contributed by atoms with Gasteiger partial charge < -0.3 is 14.4 Å². The summed E-state index contributed by atoms with van der Waals surface area (Å²) >= 11 is 0.992. The van der Waals surface area contributed by atoms with E-state index in [1.54, 1.807) is 25.1 Å². The molecule has 34 heavy (non-hydrogen) atoms.